The van der Waals surface area contributed by atoms with Crippen LogP contribution in [0.15, 0.2) is 23.4 Å². The number of piperidine rings is 1. The van der Waals surface area contributed by atoms with Gasteiger partial charge >= 0.3 is 5.97 Å². The highest BCUT2D eigenvalue weighted by atomic mass is 32.2. The molecular formula is C15H19N3O2S. The Kier molecular flexibility index (Phi) is 4.05. The van der Waals surface area contributed by atoms with E-state index >= 15 is 0 Å². The second kappa shape index (κ2) is 5.97. The van der Waals surface area contributed by atoms with E-state index < -0.39 is 5.97 Å². The van der Waals surface area contributed by atoms with Crippen LogP contribution in [0, 0.1) is 6.92 Å². The van der Waals surface area contributed by atoms with Crippen molar-refractivity contribution in [3.8, 4) is 0 Å². The largest absolute Gasteiger partial charge is 0.481 e. The Morgan fingerprint density at radius 2 is 2.10 bits per heavy atom. The van der Waals surface area contributed by atoms with Crippen LogP contribution in [0.2, 0.25) is 0 Å². The predicted octanol–water partition coefficient (Wildman–Crippen LogP) is 2.64. The SMILES string of the molecule is Cc1ccc2nc(SCC(=O)O)n(N3CCCCC3)c2c1. The molecule has 1 fully saturated rings. The summed E-state index contributed by atoms with van der Waals surface area (Å²) in [7, 11) is 0. The quantitative estimate of drug-likeness (QED) is 0.880. The van der Waals surface area contributed by atoms with E-state index in [0.717, 1.165) is 29.3 Å². The van der Waals surface area contributed by atoms with Gasteiger partial charge < -0.3 is 10.1 Å². The first-order valence-electron chi connectivity index (χ1n) is 7.24. The molecule has 1 aromatic carbocycles. The first-order chi connectivity index (χ1) is 10.1. The Morgan fingerprint density at radius 1 is 1.33 bits per heavy atom. The van der Waals surface area contributed by atoms with Gasteiger partial charge in [0, 0.05) is 13.1 Å². The predicted molar refractivity (Wildman–Crippen MR) is 84.6 cm³/mol. The van der Waals surface area contributed by atoms with Gasteiger partial charge in [-0.1, -0.05) is 17.8 Å². The fraction of sp³-hybridized carbons (Fsp3) is 0.467. The van der Waals surface area contributed by atoms with Crippen molar-refractivity contribution in [3.63, 3.8) is 0 Å². The van der Waals surface area contributed by atoms with Gasteiger partial charge in [-0.25, -0.2) is 9.66 Å². The molecule has 0 atom stereocenters. The summed E-state index contributed by atoms with van der Waals surface area (Å²) in [5, 5.41) is 12.0. The van der Waals surface area contributed by atoms with Crippen LogP contribution < -0.4 is 5.01 Å². The molecule has 0 spiro atoms. The van der Waals surface area contributed by atoms with E-state index in [-0.39, 0.29) is 5.75 Å². The lowest BCUT2D eigenvalue weighted by Gasteiger charge is -2.31. The summed E-state index contributed by atoms with van der Waals surface area (Å²) in [5.74, 6) is -0.774. The van der Waals surface area contributed by atoms with Crippen molar-refractivity contribution in [3.05, 3.63) is 23.8 Å². The molecule has 1 aliphatic rings. The average molecular weight is 305 g/mol. The minimum absolute atomic E-state index is 0.0378. The highest BCUT2D eigenvalue weighted by molar-refractivity contribution is 7.99. The number of rotatable bonds is 4. The molecule has 0 aliphatic carbocycles. The van der Waals surface area contributed by atoms with Crippen LogP contribution in [-0.2, 0) is 4.79 Å². The fourth-order valence-corrected chi connectivity index (χ4v) is 3.47. The van der Waals surface area contributed by atoms with Gasteiger partial charge in [0.25, 0.3) is 0 Å². The highest BCUT2D eigenvalue weighted by Crippen LogP contribution is 2.26. The number of aromatic nitrogens is 2. The first-order valence-corrected chi connectivity index (χ1v) is 8.22. The molecule has 0 bridgehead atoms. The maximum absolute atomic E-state index is 10.9. The lowest BCUT2D eigenvalue weighted by molar-refractivity contribution is -0.133. The zero-order valence-corrected chi connectivity index (χ0v) is 12.9. The lowest BCUT2D eigenvalue weighted by atomic mass is 10.2. The van der Waals surface area contributed by atoms with Gasteiger partial charge in [0.05, 0.1) is 16.8 Å². The number of aliphatic carboxylic acids is 1. The molecule has 2 aromatic rings. The van der Waals surface area contributed by atoms with Gasteiger partial charge in [0.2, 0.25) is 0 Å². The van der Waals surface area contributed by atoms with Gasteiger partial charge in [-0.05, 0) is 43.9 Å². The van der Waals surface area contributed by atoms with Gasteiger partial charge in [-0.15, -0.1) is 0 Å². The number of hydrogen-bond acceptors (Lipinski definition) is 4. The number of nitrogens with zero attached hydrogens (tertiary/aromatic N) is 3. The monoisotopic (exact) mass is 305 g/mol. The Hall–Kier alpha value is -1.69. The minimum atomic E-state index is -0.812. The standard InChI is InChI=1S/C15H19N3O2S/c1-11-5-6-12-13(9-11)18(17-7-3-2-4-8-17)15(16-12)21-10-14(19)20/h5-6,9H,2-4,7-8,10H2,1H3,(H,19,20). The Morgan fingerprint density at radius 3 is 2.81 bits per heavy atom. The molecule has 6 heteroatoms. The molecule has 5 nitrogen and oxygen atoms in total. The summed E-state index contributed by atoms with van der Waals surface area (Å²) in [6.07, 6.45) is 3.61. The molecule has 1 aliphatic heterocycles. The third-order valence-corrected chi connectivity index (χ3v) is 4.61. The molecular weight excluding hydrogens is 286 g/mol. The van der Waals surface area contributed by atoms with Gasteiger partial charge in [-0.2, -0.15) is 0 Å². The topological polar surface area (TPSA) is 58.4 Å². The van der Waals surface area contributed by atoms with Crippen molar-refractivity contribution in [1.82, 2.24) is 9.66 Å². The van der Waals surface area contributed by atoms with Crippen molar-refractivity contribution < 1.29 is 9.90 Å². The van der Waals surface area contributed by atoms with Crippen molar-refractivity contribution in [1.29, 1.82) is 0 Å². The molecule has 0 radical (unpaired) electrons. The average Bonchev–Trinajstić information content (AvgIpc) is 2.83. The van der Waals surface area contributed by atoms with E-state index in [0.29, 0.717) is 0 Å². The van der Waals surface area contributed by atoms with Crippen molar-refractivity contribution in [2.24, 2.45) is 0 Å². The number of carbonyl (C=O) groups is 1. The number of imidazole rings is 1. The summed E-state index contributed by atoms with van der Waals surface area (Å²) in [5.41, 5.74) is 3.19. The van der Waals surface area contributed by atoms with E-state index in [1.165, 1.54) is 36.6 Å². The third-order valence-electron chi connectivity index (χ3n) is 3.70. The minimum Gasteiger partial charge on any atom is -0.481 e. The summed E-state index contributed by atoms with van der Waals surface area (Å²) >= 11 is 1.29. The van der Waals surface area contributed by atoms with Crippen LogP contribution >= 0.6 is 11.8 Å². The van der Waals surface area contributed by atoms with E-state index in [9.17, 15) is 4.79 Å². The van der Waals surface area contributed by atoms with Crippen LogP contribution in [0.5, 0.6) is 0 Å². The Balaban J connectivity index is 2.04. The van der Waals surface area contributed by atoms with Crippen molar-refractivity contribution in [2.45, 2.75) is 31.3 Å². The van der Waals surface area contributed by atoms with Gasteiger partial charge in [0.1, 0.15) is 0 Å². The molecule has 1 saturated heterocycles. The second-order valence-electron chi connectivity index (χ2n) is 5.40. The highest BCUT2D eigenvalue weighted by Gasteiger charge is 2.19. The Bertz CT molecular complexity index is 662. The zero-order valence-electron chi connectivity index (χ0n) is 12.1. The second-order valence-corrected chi connectivity index (χ2v) is 6.34. The van der Waals surface area contributed by atoms with Crippen molar-refractivity contribution in [2.75, 3.05) is 23.9 Å². The number of carboxylic acids is 1. The van der Waals surface area contributed by atoms with Crippen LogP contribution in [0.4, 0.5) is 0 Å². The zero-order chi connectivity index (χ0) is 14.8. The third kappa shape index (κ3) is 3.00. The molecule has 0 amide bonds. The summed E-state index contributed by atoms with van der Waals surface area (Å²) in [6.45, 7) is 4.07. The van der Waals surface area contributed by atoms with E-state index in [2.05, 4.69) is 27.7 Å². The van der Waals surface area contributed by atoms with E-state index in [1.54, 1.807) is 0 Å². The normalized spacial score (nSPS) is 15.6. The molecule has 3 rings (SSSR count). The number of aryl methyl sites for hydroxylation is 1. The molecule has 2 heterocycles. The van der Waals surface area contributed by atoms with Crippen LogP contribution in [0.25, 0.3) is 11.0 Å². The molecule has 21 heavy (non-hydrogen) atoms. The van der Waals surface area contributed by atoms with E-state index in [1.807, 2.05) is 12.1 Å². The molecule has 1 N–H and O–H groups in total. The maximum Gasteiger partial charge on any atom is 0.313 e. The molecule has 112 valence electrons. The van der Waals surface area contributed by atoms with Crippen molar-refractivity contribution >= 4 is 28.8 Å². The van der Waals surface area contributed by atoms with E-state index in [4.69, 9.17) is 5.11 Å². The van der Waals surface area contributed by atoms with Crippen LogP contribution in [-0.4, -0.2) is 39.6 Å². The fourth-order valence-electron chi connectivity index (χ4n) is 2.72. The number of fused-ring (bicyclic) bond motifs is 1. The number of thioether (sulfide) groups is 1. The first kappa shape index (κ1) is 14.3. The summed E-state index contributed by atoms with van der Waals surface area (Å²) < 4.78 is 2.12. The number of benzene rings is 1. The number of carboxylic acid groups (broad SMARTS) is 1. The van der Waals surface area contributed by atoms with Crippen LogP contribution in [0.3, 0.4) is 0 Å². The maximum atomic E-state index is 10.9. The molecule has 0 saturated carbocycles. The van der Waals surface area contributed by atoms with Gasteiger partial charge in [-0.3, -0.25) is 4.79 Å². The number of hydrogen-bond donors (Lipinski definition) is 1. The smallest absolute Gasteiger partial charge is 0.313 e. The van der Waals surface area contributed by atoms with Crippen LogP contribution in [0.1, 0.15) is 24.8 Å². The molecule has 1 aromatic heterocycles. The molecule has 0 unspecified atom stereocenters. The summed E-state index contributed by atoms with van der Waals surface area (Å²) in [6, 6.07) is 6.18. The Labute approximate surface area is 127 Å². The van der Waals surface area contributed by atoms with Gasteiger partial charge in [0.15, 0.2) is 5.16 Å². The summed E-state index contributed by atoms with van der Waals surface area (Å²) in [4.78, 5) is 15.5. The lowest BCUT2D eigenvalue weighted by Crippen LogP contribution is -2.39.